The fraction of sp³-hybridized carbons (Fsp3) is 0.417. The smallest absolute Gasteiger partial charge is 0.231 e. The summed E-state index contributed by atoms with van der Waals surface area (Å²) in [5.74, 6) is 0.562. The summed E-state index contributed by atoms with van der Waals surface area (Å²) in [7, 11) is 0. The Bertz CT molecular complexity index is 1190. The molecule has 8 heteroatoms. The van der Waals surface area contributed by atoms with E-state index in [2.05, 4.69) is 49.3 Å². The summed E-state index contributed by atoms with van der Waals surface area (Å²) in [5, 5.41) is 21.0. The van der Waals surface area contributed by atoms with Gasteiger partial charge in [-0.3, -0.25) is 10.1 Å². The number of amides is 1. The van der Waals surface area contributed by atoms with Crippen LogP contribution in [-0.4, -0.2) is 20.8 Å². The molecular weight excluding hydrogens is 404 g/mol. The van der Waals surface area contributed by atoms with E-state index in [0.29, 0.717) is 23.0 Å². The van der Waals surface area contributed by atoms with Crippen LogP contribution in [0.5, 0.6) is 0 Å². The highest BCUT2D eigenvalue weighted by Crippen LogP contribution is 2.45. The van der Waals surface area contributed by atoms with E-state index >= 15 is 0 Å². The van der Waals surface area contributed by atoms with Crippen molar-refractivity contribution >= 4 is 17.6 Å². The quantitative estimate of drug-likeness (QED) is 0.600. The Hall–Kier alpha value is -3.60. The van der Waals surface area contributed by atoms with Crippen molar-refractivity contribution in [1.82, 2.24) is 14.9 Å². The van der Waals surface area contributed by atoms with Crippen LogP contribution in [-0.2, 0) is 23.2 Å². The molecule has 0 spiro atoms. The van der Waals surface area contributed by atoms with Gasteiger partial charge in [-0.25, -0.2) is 4.68 Å². The molecule has 1 aliphatic rings. The molecule has 8 nitrogen and oxygen atoms in total. The molecule has 0 bridgehead atoms. The largest absolute Gasteiger partial charge is 0.383 e. The maximum Gasteiger partial charge on any atom is 0.231 e. The lowest BCUT2D eigenvalue weighted by atomic mass is 9.91. The standard InChI is InChI=1S/C24H28N6O2/c1-23(2,3)13-17-12-20(32-29-17)27-19(31)11-15-5-7-16(8-6-15)21-18(14-25)22(26)30(28-21)24(4)9-10-24/h5-8,12H,9-11,13,26H2,1-4H3,(H,27,31). The molecule has 3 aromatic rings. The lowest BCUT2D eigenvalue weighted by Gasteiger charge is -2.14. The Labute approximate surface area is 187 Å². The van der Waals surface area contributed by atoms with Gasteiger partial charge in [-0.2, -0.15) is 10.4 Å². The molecule has 2 heterocycles. The van der Waals surface area contributed by atoms with E-state index < -0.39 is 0 Å². The number of rotatable bonds is 6. The minimum Gasteiger partial charge on any atom is -0.383 e. The highest BCUT2D eigenvalue weighted by Gasteiger charge is 2.42. The minimum atomic E-state index is -0.191. The van der Waals surface area contributed by atoms with Gasteiger partial charge in [0.1, 0.15) is 23.1 Å². The van der Waals surface area contributed by atoms with Crippen molar-refractivity contribution in [3.63, 3.8) is 0 Å². The van der Waals surface area contributed by atoms with Crippen molar-refractivity contribution in [1.29, 1.82) is 5.26 Å². The summed E-state index contributed by atoms with van der Waals surface area (Å²) in [6.45, 7) is 8.44. The third-order valence-electron chi connectivity index (χ3n) is 5.64. The topological polar surface area (TPSA) is 123 Å². The number of hydrogen-bond acceptors (Lipinski definition) is 6. The van der Waals surface area contributed by atoms with Crippen molar-refractivity contribution < 1.29 is 9.32 Å². The Morgan fingerprint density at radius 3 is 2.59 bits per heavy atom. The number of nitrogens with one attached hydrogen (secondary N) is 1. The number of anilines is 2. The van der Waals surface area contributed by atoms with Crippen LogP contribution >= 0.6 is 0 Å². The van der Waals surface area contributed by atoms with E-state index in [1.165, 1.54) is 0 Å². The zero-order valence-corrected chi connectivity index (χ0v) is 18.9. The predicted molar refractivity (Wildman–Crippen MR) is 122 cm³/mol. The van der Waals surface area contributed by atoms with Gasteiger partial charge >= 0.3 is 0 Å². The number of benzene rings is 1. The molecule has 166 valence electrons. The van der Waals surface area contributed by atoms with Crippen LogP contribution in [0.2, 0.25) is 0 Å². The molecule has 1 fully saturated rings. The normalized spacial score (nSPS) is 14.7. The van der Waals surface area contributed by atoms with E-state index in [9.17, 15) is 10.1 Å². The first-order valence-corrected chi connectivity index (χ1v) is 10.7. The zero-order chi connectivity index (χ0) is 23.1. The molecule has 1 aliphatic carbocycles. The molecule has 1 amide bonds. The van der Waals surface area contributed by atoms with Gasteiger partial charge in [0, 0.05) is 11.6 Å². The molecular formula is C24H28N6O2. The Morgan fingerprint density at radius 2 is 2.00 bits per heavy atom. The fourth-order valence-corrected chi connectivity index (χ4v) is 3.69. The van der Waals surface area contributed by atoms with Gasteiger partial charge in [0.2, 0.25) is 11.8 Å². The van der Waals surface area contributed by atoms with Gasteiger partial charge in [-0.05, 0) is 37.2 Å². The zero-order valence-electron chi connectivity index (χ0n) is 18.9. The fourth-order valence-electron chi connectivity index (χ4n) is 3.69. The number of carbonyl (C=O) groups excluding carboxylic acids is 1. The number of nitriles is 1. The first-order chi connectivity index (χ1) is 15.1. The Kier molecular flexibility index (Phi) is 5.29. The SMILES string of the molecule is CC(C)(C)Cc1cc(NC(=O)Cc2ccc(-c3nn(C4(C)CC4)c(N)c3C#N)cc2)on1. The first-order valence-electron chi connectivity index (χ1n) is 10.7. The van der Waals surface area contributed by atoms with Crippen molar-refractivity contribution in [3.05, 3.63) is 47.2 Å². The van der Waals surface area contributed by atoms with Crippen molar-refractivity contribution in [2.45, 2.75) is 58.9 Å². The van der Waals surface area contributed by atoms with Crippen molar-refractivity contribution in [2.24, 2.45) is 5.41 Å². The minimum absolute atomic E-state index is 0.0855. The van der Waals surface area contributed by atoms with Crippen LogP contribution < -0.4 is 11.1 Å². The van der Waals surface area contributed by atoms with Crippen LogP contribution in [0.3, 0.4) is 0 Å². The van der Waals surface area contributed by atoms with Gasteiger partial charge in [0.15, 0.2) is 0 Å². The average molecular weight is 433 g/mol. The number of aromatic nitrogens is 3. The van der Waals surface area contributed by atoms with Gasteiger partial charge in [0.05, 0.1) is 17.7 Å². The average Bonchev–Trinajstić information content (AvgIpc) is 3.15. The number of nitrogens with two attached hydrogens (primary N) is 1. The maximum atomic E-state index is 12.4. The highest BCUT2D eigenvalue weighted by molar-refractivity contribution is 5.91. The van der Waals surface area contributed by atoms with Gasteiger partial charge in [-0.1, -0.05) is 50.2 Å². The summed E-state index contributed by atoms with van der Waals surface area (Å²) in [6, 6.07) is 11.4. The van der Waals surface area contributed by atoms with Crippen LogP contribution in [0.1, 0.15) is 57.4 Å². The lowest BCUT2D eigenvalue weighted by molar-refractivity contribution is -0.115. The summed E-state index contributed by atoms with van der Waals surface area (Å²) in [6.07, 6.45) is 2.95. The van der Waals surface area contributed by atoms with E-state index in [-0.39, 0.29) is 23.3 Å². The second kappa shape index (κ2) is 7.83. The number of hydrogen-bond donors (Lipinski definition) is 2. The van der Waals surface area contributed by atoms with E-state index in [0.717, 1.165) is 36.1 Å². The summed E-state index contributed by atoms with van der Waals surface area (Å²) < 4.78 is 7.00. The second-order valence-corrected chi connectivity index (χ2v) is 9.97. The number of carbonyl (C=O) groups is 1. The molecule has 0 atom stereocenters. The molecule has 4 rings (SSSR count). The first kappa shape index (κ1) is 21.6. The summed E-state index contributed by atoms with van der Waals surface area (Å²) in [5.41, 5.74) is 9.58. The monoisotopic (exact) mass is 432 g/mol. The van der Waals surface area contributed by atoms with E-state index in [1.54, 1.807) is 10.7 Å². The molecule has 32 heavy (non-hydrogen) atoms. The van der Waals surface area contributed by atoms with Crippen LogP contribution in [0, 0.1) is 16.7 Å². The molecule has 1 saturated carbocycles. The van der Waals surface area contributed by atoms with Gasteiger partial charge in [-0.15, -0.1) is 0 Å². The molecule has 0 unspecified atom stereocenters. The van der Waals surface area contributed by atoms with Crippen LogP contribution in [0.4, 0.5) is 11.7 Å². The molecule has 0 saturated heterocycles. The van der Waals surface area contributed by atoms with E-state index in [4.69, 9.17) is 10.3 Å². The third kappa shape index (κ3) is 4.52. The maximum absolute atomic E-state index is 12.4. The number of nitrogen functional groups attached to an aromatic ring is 1. The molecule has 0 aliphatic heterocycles. The van der Waals surface area contributed by atoms with Gasteiger partial charge in [0.25, 0.3) is 0 Å². The summed E-state index contributed by atoms with van der Waals surface area (Å²) in [4.78, 5) is 12.4. The van der Waals surface area contributed by atoms with Gasteiger partial charge < -0.3 is 10.3 Å². The van der Waals surface area contributed by atoms with Crippen LogP contribution in [0.15, 0.2) is 34.9 Å². The Balaban J connectivity index is 1.44. The predicted octanol–water partition coefficient (Wildman–Crippen LogP) is 4.27. The molecule has 3 N–H and O–H groups in total. The number of nitrogens with zero attached hydrogens (tertiary/aromatic N) is 4. The highest BCUT2D eigenvalue weighted by atomic mass is 16.5. The van der Waals surface area contributed by atoms with E-state index in [1.807, 2.05) is 24.3 Å². The van der Waals surface area contributed by atoms with Crippen molar-refractivity contribution in [3.8, 4) is 17.3 Å². The second-order valence-electron chi connectivity index (χ2n) is 9.97. The molecule has 0 radical (unpaired) electrons. The molecule has 1 aromatic carbocycles. The Morgan fingerprint density at radius 1 is 1.31 bits per heavy atom. The van der Waals surface area contributed by atoms with Crippen molar-refractivity contribution in [2.75, 3.05) is 11.1 Å². The van der Waals surface area contributed by atoms with Crippen LogP contribution in [0.25, 0.3) is 11.3 Å². The molecule has 2 aromatic heterocycles. The third-order valence-corrected chi connectivity index (χ3v) is 5.64. The lowest BCUT2D eigenvalue weighted by Crippen LogP contribution is -2.16. The summed E-state index contributed by atoms with van der Waals surface area (Å²) >= 11 is 0.